The van der Waals surface area contributed by atoms with Crippen molar-refractivity contribution in [2.24, 2.45) is 0 Å². The molecule has 0 N–H and O–H groups in total. The van der Waals surface area contributed by atoms with E-state index in [1.54, 1.807) is 0 Å². The van der Waals surface area contributed by atoms with E-state index in [4.69, 9.17) is 0 Å². The molecule has 3 atom stereocenters. The average Bonchev–Trinajstić information content (AvgIpc) is 3.32. The summed E-state index contributed by atoms with van der Waals surface area (Å²) in [7, 11) is 0. The third-order valence-electron chi connectivity index (χ3n) is 12.4. The van der Waals surface area contributed by atoms with Crippen LogP contribution in [0.5, 0.6) is 0 Å². The molecule has 312 valence electrons. The van der Waals surface area contributed by atoms with Crippen LogP contribution in [-0.4, -0.2) is 0 Å². The molecule has 0 aromatic heterocycles. The molecule has 3 nitrogen and oxygen atoms in total. The molecule has 3 aliphatic heterocycles. The van der Waals surface area contributed by atoms with Crippen LogP contribution in [0.15, 0.2) is 164 Å². The first kappa shape index (κ1) is 41.0. The second-order valence-electron chi connectivity index (χ2n) is 16.6. The molecule has 0 saturated carbocycles. The van der Waals surface area contributed by atoms with Crippen molar-refractivity contribution in [2.75, 3.05) is 14.7 Å². The van der Waals surface area contributed by atoms with Crippen molar-refractivity contribution in [2.45, 2.75) is 92.2 Å². The summed E-state index contributed by atoms with van der Waals surface area (Å²) in [5, 5.41) is 0. The zero-order valence-electron chi connectivity index (χ0n) is 36.1. The Morgan fingerprint density at radius 1 is 0.361 bits per heavy atom. The first-order valence-corrected chi connectivity index (χ1v) is 26.8. The summed E-state index contributed by atoms with van der Waals surface area (Å²) in [5.74, 6) is 0. The fourth-order valence-electron chi connectivity index (χ4n) is 9.01. The number of hydrogen-bond acceptors (Lipinski definition) is 3. The fraction of sp³-hybridized carbons (Fsp3) is 0.263. The summed E-state index contributed by atoms with van der Waals surface area (Å²) in [6.07, 6.45) is 24.9. The molecule has 0 bridgehead atoms. The predicted molar refractivity (Wildman–Crippen MR) is 257 cm³/mol. The van der Waals surface area contributed by atoms with Crippen LogP contribution in [0.4, 0.5) is 17.1 Å². The Bertz CT molecular complexity index is 2200. The molecule has 0 fully saturated rings. The monoisotopic (exact) mass is 979 g/mol. The van der Waals surface area contributed by atoms with E-state index < -0.39 is 16.5 Å². The molecule has 0 amide bonds. The van der Waals surface area contributed by atoms with E-state index >= 15 is 0 Å². The van der Waals surface area contributed by atoms with E-state index in [1.165, 1.54) is 106 Å². The van der Waals surface area contributed by atoms with Gasteiger partial charge in [-0.3, -0.25) is 0 Å². The average molecular weight is 979 g/mol. The minimum atomic E-state index is -2.81. The zero-order valence-corrected chi connectivity index (χ0v) is 38.5. The summed E-state index contributed by atoms with van der Waals surface area (Å²) in [4.78, 5) is 8.05. The van der Waals surface area contributed by atoms with Gasteiger partial charge in [0.2, 0.25) is 0 Å². The maximum absolute atomic E-state index is 2.81. The van der Waals surface area contributed by atoms with E-state index in [0.717, 1.165) is 19.3 Å². The second kappa shape index (κ2) is 19.1. The van der Waals surface area contributed by atoms with Crippen LogP contribution in [0.1, 0.15) is 123 Å². The van der Waals surface area contributed by atoms with Gasteiger partial charge < -0.3 is 0 Å². The molecular formula is C57H60IrN3. The summed E-state index contributed by atoms with van der Waals surface area (Å²) in [6.45, 7) is 6.85. The van der Waals surface area contributed by atoms with Crippen molar-refractivity contribution in [3.05, 3.63) is 214 Å². The van der Waals surface area contributed by atoms with Crippen molar-refractivity contribution in [1.29, 1.82) is 0 Å². The number of benzene rings is 6. The molecular weight excluding hydrogens is 919 g/mol. The Morgan fingerprint density at radius 2 is 0.639 bits per heavy atom. The molecule has 0 radical (unpaired) electrons. The summed E-state index contributed by atoms with van der Waals surface area (Å²) < 4.78 is 0.401. The molecule has 0 saturated heterocycles. The molecule has 4 heteroatoms. The molecule has 61 heavy (non-hydrogen) atoms. The van der Waals surface area contributed by atoms with Gasteiger partial charge >= 0.3 is 373 Å². The van der Waals surface area contributed by atoms with Gasteiger partial charge in [0, 0.05) is 0 Å². The Balaban J connectivity index is 1.29. The molecule has 0 spiro atoms. The predicted octanol–water partition coefficient (Wildman–Crippen LogP) is 15.2. The standard InChI is InChI=1S/3C19H20N.Ir/c3*1-2-3-6-16-9-11-19(12-10-16)20-14-13-17-7-4-5-8-18(17)15-20;/h3*4-5,7-15H,2-3,6H2,1H3;. The van der Waals surface area contributed by atoms with Crippen molar-refractivity contribution < 1.29 is 16.5 Å². The minimum absolute atomic E-state index is 0.134. The SMILES string of the molecule is CCCCc1ccc(N2C=Cc3ccccc3[CH]2[Ir]([CH]2c3ccccc3C=CN2c2ccc(CCCC)cc2)[CH]2c3ccccc3C=CN2c2ccc(CCCC)cc2)cc1. The first-order chi connectivity index (χ1) is 30.1. The van der Waals surface area contributed by atoms with Crippen molar-refractivity contribution in [3.63, 3.8) is 0 Å². The third kappa shape index (κ3) is 8.59. The van der Waals surface area contributed by atoms with Crippen LogP contribution in [-0.2, 0) is 35.7 Å². The number of aryl methyl sites for hydroxylation is 3. The van der Waals surface area contributed by atoms with Crippen LogP contribution >= 0.6 is 0 Å². The Labute approximate surface area is 370 Å². The van der Waals surface area contributed by atoms with E-state index in [-0.39, 0.29) is 13.7 Å². The summed E-state index contributed by atoms with van der Waals surface area (Å²) in [6, 6.07) is 56.5. The molecule has 9 rings (SSSR count). The Kier molecular flexibility index (Phi) is 12.8. The third-order valence-corrected chi connectivity index (χ3v) is 21.2. The van der Waals surface area contributed by atoms with Gasteiger partial charge in [0.25, 0.3) is 0 Å². The summed E-state index contributed by atoms with van der Waals surface area (Å²) >= 11 is -2.81. The normalized spacial score (nSPS) is 17.9. The van der Waals surface area contributed by atoms with Crippen LogP contribution in [0.25, 0.3) is 18.2 Å². The van der Waals surface area contributed by atoms with Crippen LogP contribution in [0, 0.1) is 0 Å². The van der Waals surface area contributed by atoms with Crippen molar-refractivity contribution in [3.8, 4) is 0 Å². The maximum atomic E-state index is 2.68. The van der Waals surface area contributed by atoms with Crippen LogP contribution in [0.3, 0.4) is 0 Å². The van der Waals surface area contributed by atoms with Gasteiger partial charge in [-0.05, 0) is 0 Å². The van der Waals surface area contributed by atoms with E-state index in [2.05, 4.69) is 218 Å². The number of nitrogens with zero attached hydrogens (tertiary/aromatic N) is 3. The number of fused-ring (bicyclic) bond motifs is 3. The first-order valence-electron chi connectivity index (χ1n) is 22.7. The fourth-order valence-corrected chi connectivity index (χ4v) is 19.6. The van der Waals surface area contributed by atoms with Crippen LogP contribution in [0.2, 0.25) is 0 Å². The van der Waals surface area contributed by atoms with E-state index in [0.29, 0.717) is 0 Å². The van der Waals surface area contributed by atoms with Crippen molar-refractivity contribution >= 4 is 35.3 Å². The molecule has 6 aromatic rings. The van der Waals surface area contributed by atoms with Crippen LogP contribution < -0.4 is 14.7 Å². The number of anilines is 3. The quantitative estimate of drug-likeness (QED) is 0.102. The second-order valence-corrected chi connectivity index (χ2v) is 23.0. The van der Waals surface area contributed by atoms with Gasteiger partial charge in [-0.25, -0.2) is 0 Å². The van der Waals surface area contributed by atoms with Gasteiger partial charge in [-0.1, -0.05) is 0 Å². The molecule has 3 unspecified atom stereocenters. The topological polar surface area (TPSA) is 9.72 Å². The molecule has 6 aromatic carbocycles. The molecule has 3 aliphatic rings. The van der Waals surface area contributed by atoms with Gasteiger partial charge in [-0.15, -0.1) is 0 Å². The summed E-state index contributed by atoms with van der Waals surface area (Å²) in [5.41, 5.74) is 16.3. The van der Waals surface area contributed by atoms with Crippen molar-refractivity contribution in [1.82, 2.24) is 0 Å². The van der Waals surface area contributed by atoms with Gasteiger partial charge in [0.1, 0.15) is 0 Å². The molecule has 0 aliphatic carbocycles. The molecule has 3 heterocycles. The van der Waals surface area contributed by atoms with Gasteiger partial charge in [0.15, 0.2) is 0 Å². The number of hydrogen-bond donors (Lipinski definition) is 0. The van der Waals surface area contributed by atoms with E-state index in [9.17, 15) is 0 Å². The number of unbranched alkanes of at least 4 members (excludes halogenated alkanes) is 3. The van der Waals surface area contributed by atoms with Gasteiger partial charge in [0.05, 0.1) is 0 Å². The Hall–Kier alpha value is -5.41. The van der Waals surface area contributed by atoms with E-state index in [1.807, 2.05) is 0 Å². The Morgan fingerprint density at radius 3 is 0.918 bits per heavy atom. The zero-order chi connectivity index (χ0) is 41.5. The van der Waals surface area contributed by atoms with Gasteiger partial charge in [-0.2, -0.15) is 0 Å². The number of rotatable bonds is 15.